The van der Waals surface area contributed by atoms with Gasteiger partial charge in [0.25, 0.3) is 5.91 Å². The lowest BCUT2D eigenvalue weighted by Gasteiger charge is -2.18. The average Bonchev–Trinajstić information content (AvgIpc) is 3.25. The van der Waals surface area contributed by atoms with Gasteiger partial charge in [-0.2, -0.15) is 0 Å². The quantitative estimate of drug-likeness (QED) is 0.708. The molecule has 0 spiro atoms. The van der Waals surface area contributed by atoms with Gasteiger partial charge < -0.3 is 10.4 Å². The number of anilines is 1. The van der Waals surface area contributed by atoms with Crippen molar-refractivity contribution in [3.8, 4) is 5.75 Å². The van der Waals surface area contributed by atoms with Crippen molar-refractivity contribution in [3.05, 3.63) is 29.6 Å². The largest absolute Gasteiger partial charge is 0.506 e. The molecule has 2 fully saturated rings. The van der Waals surface area contributed by atoms with Gasteiger partial charge in [0.1, 0.15) is 18.0 Å². The summed E-state index contributed by atoms with van der Waals surface area (Å²) in [6.07, 6.45) is 6.29. The number of rotatable bonds is 3. The molecule has 28 heavy (non-hydrogen) atoms. The van der Waals surface area contributed by atoms with Gasteiger partial charge in [-0.15, -0.1) is 0 Å². The number of nitrogens with one attached hydrogen (secondary N) is 2. The van der Waals surface area contributed by atoms with Crippen molar-refractivity contribution < 1.29 is 18.5 Å². The number of benzene rings is 1. The Morgan fingerprint density at radius 2 is 2.00 bits per heavy atom. The third-order valence-electron chi connectivity index (χ3n) is 4.46. The van der Waals surface area contributed by atoms with Gasteiger partial charge in [-0.1, -0.05) is 53.5 Å². The van der Waals surface area contributed by atoms with Gasteiger partial charge in [-0.05, 0) is 23.6 Å². The van der Waals surface area contributed by atoms with E-state index in [1.165, 1.54) is 31.4 Å². The Morgan fingerprint density at radius 1 is 1.32 bits per heavy atom. The predicted octanol–water partition coefficient (Wildman–Crippen LogP) is 3.50. The van der Waals surface area contributed by atoms with Gasteiger partial charge in [0, 0.05) is 18.7 Å². The normalized spacial score (nSPS) is 20.1. The molecule has 4 rings (SSSR count). The van der Waals surface area contributed by atoms with E-state index < -0.39 is 22.9 Å². The predicted molar refractivity (Wildman–Crippen MR) is 114 cm³/mol. The van der Waals surface area contributed by atoms with Crippen molar-refractivity contribution in [2.45, 2.75) is 47.5 Å². The molecule has 158 valence electrons. The Balaban J connectivity index is 0.000000421. The highest BCUT2D eigenvalue weighted by Gasteiger charge is 2.32. The number of hydrogen-bond acceptors (Lipinski definition) is 4. The third-order valence-corrected chi connectivity index (χ3v) is 5.58. The van der Waals surface area contributed by atoms with Crippen LogP contribution in [-0.4, -0.2) is 34.9 Å². The molecule has 1 aromatic rings. The van der Waals surface area contributed by atoms with E-state index in [2.05, 4.69) is 17.0 Å². The fourth-order valence-electron chi connectivity index (χ4n) is 2.78. The smallest absolute Gasteiger partial charge is 0.253 e. The second-order valence-corrected chi connectivity index (χ2v) is 7.46. The summed E-state index contributed by atoms with van der Waals surface area (Å²) in [5.74, 6) is -0.364. The lowest BCUT2D eigenvalue weighted by molar-refractivity contribution is -0.117. The summed E-state index contributed by atoms with van der Waals surface area (Å²) in [6, 6.07) is 2.81. The maximum atomic E-state index is 14.6. The van der Waals surface area contributed by atoms with Crippen molar-refractivity contribution in [1.82, 2.24) is 10.0 Å². The highest BCUT2D eigenvalue weighted by molar-refractivity contribution is 7.85. The van der Waals surface area contributed by atoms with Crippen LogP contribution < -0.4 is 14.3 Å². The summed E-state index contributed by atoms with van der Waals surface area (Å²) in [5, 5.41) is 12.9. The van der Waals surface area contributed by atoms with Crippen molar-refractivity contribution >= 4 is 28.3 Å². The van der Waals surface area contributed by atoms with Crippen LogP contribution in [0.25, 0.3) is 5.57 Å². The molecule has 1 aromatic carbocycles. The lowest BCUT2D eigenvalue weighted by Crippen LogP contribution is -2.24. The van der Waals surface area contributed by atoms with Crippen LogP contribution in [0.4, 0.5) is 10.1 Å². The first-order valence-electron chi connectivity index (χ1n) is 9.41. The molecule has 1 aliphatic carbocycles. The van der Waals surface area contributed by atoms with E-state index in [0.29, 0.717) is 18.7 Å². The monoisotopic (exact) mass is 413 g/mol. The van der Waals surface area contributed by atoms with Crippen molar-refractivity contribution in [2.24, 2.45) is 5.92 Å². The first-order chi connectivity index (χ1) is 13.0. The first-order valence-corrected chi connectivity index (χ1v) is 10.5. The maximum absolute atomic E-state index is 14.6. The number of amides is 1. The molecule has 2 heterocycles. The maximum Gasteiger partial charge on any atom is 0.253 e. The van der Waals surface area contributed by atoms with Crippen molar-refractivity contribution in [1.29, 1.82) is 0 Å². The van der Waals surface area contributed by atoms with E-state index in [9.17, 15) is 18.5 Å². The van der Waals surface area contributed by atoms with E-state index in [-0.39, 0.29) is 25.4 Å². The number of halogens is 1. The van der Waals surface area contributed by atoms with Gasteiger partial charge in [0.05, 0.1) is 0 Å². The number of phenolic OH excluding ortho intramolecular Hbond substituents is 1. The third kappa shape index (κ3) is 5.78. The number of carbonyl (C=O) groups is 1. The SMILES string of the molecule is C.CC.CCC1CC1.O=C1CN(c2c(O)ccc(C3=CCNC3)c2F)S(=O)N1. The molecule has 1 unspecified atom stereocenters. The van der Waals surface area contributed by atoms with Gasteiger partial charge >= 0.3 is 0 Å². The van der Waals surface area contributed by atoms with Crippen LogP contribution in [0.5, 0.6) is 5.75 Å². The zero-order chi connectivity index (χ0) is 20.0. The fraction of sp³-hybridized carbons (Fsp3) is 0.550. The zero-order valence-electron chi connectivity index (χ0n) is 16.0. The van der Waals surface area contributed by atoms with E-state index in [4.69, 9.17) is 0 Å². The minimum absolute atomic E-state index is 0. The molecule has 2 aliphatic heterocycles. The van der Waals surface area contributed by atoms with Crippen molar-refractivity contribution in [2.75, 3.05) is 23.9 Å². The first kappa shape index (κ1) is 24.1. The molecule has 0 aromatic heterocycles. The van der Waals surface area contributed by atoms with Crippen LogP contribution in [0.1, 0.15) is 53.0 Å². The molecule has 6 nitrogen and oxygen atoms in total. The molecule has 1 atom stereocenters. The number of phenols is 1. The lowest BCUT2D eigenvalue weighted by atomic mass is 10.0. The molecule has 0 radical (unpaired) electrons. The summed E-state index contributed by atoms with van der Waals surface area (Å²) < 4.78 is 29.5. The second-order valence-electron chi connectivity index (χ2n) is 6.32. The van der Waals surface area contributed by atoms with Gasteiger partial charge in [0.2, 0.25) is 11.2 Å². The van der Waals surface area contributed by atoms with Crippen LogP contribution in [-0.2, 0) is 16.0 Å². The van der Waals surface area contributed by atoms with Gasteiger partial charge in [0.15, 0.2) is 5.82 Å². The minimum atomic E-state index is -1.87. The van der Waals surface area contributed by atoms with Crippen LogP contribution in [0, 0.1) is 11.7 Å². The molecular weight excluding hydrogens is 381 g/mol. The topological polar surface area (TPSA) is 81.7 Å². The molecule has 1 saturated heterocycles. The summed E-state index contributed by atoms with van der Waals surface area (Å²) >= 11 is -1.87. The number of hydrogen-bond donors (Lipinski definition) is 3. The second kappa shape index (κ2) is 11.2. The van der Waals surface area contributed by atoms with Crippen LogP contribution in [0.3, 0.4) is 0 Å². The zero-order valence-corrected chi connectivity index (χ0v) is 16.9. The molecule has 1 saturated carbocycles. The van der Waals surface area contributed by atoms with E-state index in [0.717, 1.165) is 15.8 Å². The van der Waals surface area contributed by atoms with Gasteiger partial charge in [-0.3, -0.25) is 13.8 Å². The van der Waals surface area contributed by atoms with E-state index in [1.54, 1.807) is 0 Å². The summed E-state index contributed by atoms with van der Waals surface area (Å²) in [7, 11) is 0. The Kier molecular flexibility index (Phi) is 9.61. The Morgan fingerprint density at radius 3 is 2.43 bits per heavy atom. The number of aromatic hydroxyl groups is 1. The van der Waals surface area contributed by atoms with E-state index >= 15 is 0 Å². The highest BCUT2D eigenvalue weighted by atomic mass is 32.2. The van der Waals surface area contributed by atoms with Crippen LogP contribution >= 0.6 is 0 Å². The fourth-order valence-corrected chi connectivity index (χ4v) is 3.72. The summed E-state index contributed by atoms with van der Waals surface area (Å²) in [4.78, 5) is 11.2. The van der Waals surface area contributed by atoms with Crippen LogP contribution in [0.2, 0.25) is 0 Å². The Bertz CT molecular complexity index is 736. The molecule has 3 aliphatic rings. The number of nitrogens with zero attached hydrogens (tertiary/aromatic N) is 1. The Labute approximate surface area is 169 Å². The summed E-state index contributed by atoms with van der Waals surface area (Å²) in [6.45, 7) is 7.19. The average molecular weight is 414 g/mol. The van der Waals surface area contributed by atoms with Crippen LogP contribution in [0.15, 0.2) is 18.2 Å². The standard InChI is InChI=1S/C12H12FN3O3S.C5H10.C2H6.CH4/c13-11-8(7-3-4-14-5-7)1-2-9(17)12(11)16-6-10(18)15-20(16)19;1-2-5-3-4-5;1-2;/h1-3,14,17H,4-6H2,(H,15,18);5H,2-4H2,1H3;1-2H3;1H4. The molecule has 8 heteroatoms. The molecule has 3 N–H and O–H groups in total. The van der Waals surface area contributed by atoms with E-state index in [1.807, 2.05) is 19.9 Å². The minimum Gasteiger partial charge on any atom is -0.506 e. The number of carbonyl (C=O) groups excluding carboxylic acids is 1. The molecule has 1 amide bonds. The van der Waals surface area contributed by atoms with Gasteiger partial charge in [-0.25, -0.2) is 8.60 Å². The molecular formula is C20H32FN3O3S. The highest BCUT2D eigenvalue weighted by Crippen LogP contribution is 2.36. The summed E-state index contributed by atoms with van der Waals surface area (Å²) in [5.41, 5.74) is 0.888. The van der Waals surface area contributed by atoms with Crippen molar-refractivity contribution in [3.63, 3.8) is 0 Å². The molecule has 0 bridgehead atoms. The Hall–Kier alpha value is -1.93.